The SMILES string of the molecule is N#Cc1cccc(OC2CN(Cc3cn4c(-c5ccc(F)cc5)ncc4c(=O)[nH]3)C2)c1. The van der Waals surface area contributed by atoms with Crippen LogP contribution in [0.25, 0.3) is 16.9 Å². The fraction of sp³-hybridized carbons (Fsp3) is 0.174. The lowest BCUT2D eigenvalue weighted by molar-refractivity contribution is 0.0137. The third-order valence-corrected chi connectivity index (χ3v) is 5.27. The molecule has 0 bridgehead atoms. The van der Waals surface area contributed by atoms with Gasteiger partial charge in [0.2, 0.25) is 0 Å². The van der Waals surface area contributed by atoms with Crippen LogP contribution >= 0.6 is 0 Å². The summed E-state index contributed by atoms with van der Waals surface area (Å²) < 4.78 is 20.9. The Kier molecular flexibility index (Phi) is 4.73. The van der Waals surface area contributed by atoms with E-state index in [9.17, 15) is 9.18 Å². The number of H-pyrrole nitrogens is 1. The number of aromatic amines is 1. The minimum Gasteiger partial charge on any atom is -0.488 e. The topological polar surface area (TPSA) is 86.4 Å². The van der Waals surface area contributed by atoms with E-state index in [4.69, 9.17) is 10.00 Å². The van der Waals surface area contributed by atoms with Crippen LogP contribution < -0.4 is 10.3 Å². The molecular formula is C23H18FN5O2. The molecule has 2 aromatic carbocycles. The number of halogens is 1. The lowest BCUT2D eigenvalue weighted by Gasteiger charge is -2.38. The molecule has 8 heteroatoms. The molecule has 0 saturated carbocycles. The van der Waals surface area contributed by atoms with Gasteiger partial charge in [0.15, 0.2) is 0 Å². The van der Waals surface area contributed by atoms with E-state index in [0.29, 0.717) is 42.3 Å². The van der Waals surface area contributed by atoms with Gasteiger partial charge in [0.05, 0.1) is 17.8 Å². The van der Waals surface area contributed by atoms with Crippen LogP contribution in [0.15, 0.2) is 65.7 Å². The summed E-state index contributed by atoms with van der Waals surface area (Å²) in [5.74, 6) is 0.947. The lowest BCUT2D eigenvalue weighted by atomic mass is 10.1. The molecule has 1 aliphatic heterocycles. The number of aromatic nitrogens is 3. The highest BCUT2D eigenvalue weighted by Gasteiger charge is 2.29. The van der Waals surface area contributed by atoms with Gasteiger partial charge < -0.3 is 9.72 Å². The summed E-state index contributed by atoms with van der Waals surface area (Å²) in [4.78, 5) is 21.9. The number of fused-ring (bicyclic) bond motifs is 1. The van der Waals surface area contributed by atoms with Crippen LogP contribution in [0, 0.1) is 17.1 Å². The second kappa shape index (κ2) is 7.70. The molecular weight excluding hydrogens is 397 g/mol. The number of hydrogen-bond acceptors (Lipinski definition) is 5. The largest absolute Gasteiger partial charge is 0.488 e. The maximum Gasteiger partial charge on any atom is 0.274 e. The Morgan fingerprint density at radius 1 is 1.23 bits per heavy atom. The van der Waals surface area contributed by atoms with E-state index in [1.54, 1.807) is 34.7 Å². The molecule has 3 heterocycles. The van der Waals surface area contributed by atoms with E-state index in [0.717, 1.165) is 11.3 Å². The number of nitrogens with one attached hydrogen (secondary N) is 1. The molecule has 0 atom stereocenters. The van der Waals surface area contributed by atoms with Crippen molar-refractivity contribution in [1.29, 1.82) is 5.26 Å². The first-order chi connectivity index (χ1) is 15.1. The fourth-order valence-electron chi connectivity index (χ4n) is 3.75. The van der Waals surface area contributed by atoms with Gasteiger partial charge in [-0.15, -0.1) is 0 Å². The minimum atomic E-state index is -0.322. The van der Waals surface area contributed by atoms with Crippen molar-refractivity contribution in [1.82, 2.24) is 19.3 Å². The number of likely N-dealkylation sites (tertiary alicyclic amines) is 1. The van der Waals surface area contributed by atoms with E-state index in [1.807, 2.05) is 12.3 Å². The molecule has 154 valence electrons. The third-order valence-electron chi connectivity index (χ3n) is 5.27. The van der Waals surface area contributed by atoms with Crippen molar-refractivity contribution >= 4 is 5.52 Å². The second-order valence-electron chi connectivity index (χ2n) is 7.53. The van der Waals surface area contributed by atoms with Gasteiger partial charge >= 0.3 is 0 Å². The predicted octanol–water partition coefficient (Wildman–Crippen LogP) is 2.96. The molecule has 1 N–H and O–H groups in total. The van der Waals surface area contributed by atoms with Crippen LogP contribution in [0.4, 0.5) is 4.39 Å². The highest BCUT2D eigenvalue weighted by molar-refractivity contribution is 5.61. The highest BCUT2D eigenvalue weighted by Crippen LogP contribution is 2.22. The standard InChI is InChI=1S/C23H18FN5O2/c24-17-6-4-16(5-7-17)22-26-10-21-23(30)27-18(12-29(21)22)11-28-13-20(14-28)31-19-3-1-2-15(8-19)9-25/h1-8,10,12,20H,11,13-14H2,(H,27,30). The first-order valence-corrected chi connectivity index (χ1v) is 9.83. The van der Waals surface area contributed by atoms with Crippen molar-refractivity contribution in [3.8, 4) is 23.2 Å². The Labute approximate surface area is 177 Å². The van der Waals surface area contributed by atoms with Gasteiger partial charge in [0.25, 0.3) is 5.56 Å². The Bertz CT molecular complexity index is 1350. The Morgan fingerprint density at radius 3 is 2.81 bits per heavy atom. The van der Waals surface area contributed by atoms with Crippen LogP contribution in [-0.4, -0.2) is 38.5 Å². The predicted molar refractivity (Wildman–Crippen MR) is 112 cm³/mol. The summed E-state index contributed by atoms with van der Waals surface area (Å²) in [5, 5.41) is 8.99. The fourth-order valence-corrected chi connectivity index (χ4v) is 3.75. The van der Waals surface area contributed by atoms with Crippen molar-refractivity contribution in [2.45, 2.75) is 12.6 Å². The van der Waals surface area contributed by atoms with E-state index in [1.165, 1.54) is 18.3 Å². The number of imidazole rings is 1. The zero-order valence-electron chi connectivity index (χ0n) is 16.5. The first-order valence-electron chi connectivity index (χ1n) is 9.83. The molecule has 5 rings (SSSR count). The Balaban J connectivity index is 1.30. The molecule has 31 heavy (non-hydrogen) atoms. The number of ether oxygens (including phenoxy) is 1. The second-order valence-corrected chi connectivity index (χ2v) is 7.53. The number of hydrogen-bond donors (Lipinski definition) is 1. The molecule has 0 unspecified atom stereocenters. The molecule has 1 fully saturated rings. The summed E-state index contributed by atoms with van der Waals surface area (Å²) >= 11 is 0. The van der Waals surface area contributed by atoms with Gasteiger partial charge in [-0.2, -0.15) is 5.26 Å². The monoisotopic (exact) mass is 415 g/mol. The maximum atomic E-state index is 13.3. The normalized spacial score (nSPS) is 14.3. The first kappa shape index (κ1) is 19.0. The van der Waals surface area contributed by atoms with Crippen LogP contribution in [0.1, 0.15) is 11.3 Å². The quantitative estimate of drug-likeness (QED) is 0.542. The molecule has 7 nitrogen and oxygen atoms in total. The number of nitrogens with zero attached hydrogens (tertiary/aromatic N) is 4. The molecule has 2 aromatic heterocycles. The van der Waals surface area contributed by atoms with Crippen LogP contribution in [0.3, 0.4) is 0 Å². The van der Waals surface area contributed by atoms with E-state index in [2.05, 4.69) is 20.9 Å². The molecule has 1 aliphatic rings. The van der Waals surface area contributed by atoms with E-state index in [-0.39, 0.29) is 17.5 Å². The third kappa shape index (κ3) is 3.79. The van der Waals surface area contributed by atoms with Crippen molar-refractivity contribution in [3.05, 3.63) is 88.4 Å². The summed E-state index contributed by atoms with van der Waals surface area (Å²) in [6.45, 7) is 1.99. The zero-order valence-corrected chi connectivity index (χ0v) is 16.5. The molecule has 1 saturated heterocycles. The van der Waals surface area contributed by atoms with Crippen molar-refractivity contribution < 1.29 is 9.13 Å². The summed E-state index contributed by atoms with van der Waals surface area (Å²) in [5.41, 5.74) is 2.26. The van der Waals surface area contributed by atoms with Gasteiger partial charge in [-0.3, -0.25) is 14.1 Å². The average Bonchev–Trinajstić information content (AvgIpc) is 3.17. The summed E-state index contributed by atoms with van der Waals surface area (Å²) in [7, 11) is 0. The summed E-state index contributed by atoms with van der Waals surface area (Å²) in [6, 6.07) is 15.2. The van der Waals surface area contributed by atoms with Crippen LogP contribution in [0.2, 0.25) is 0 Å². The van der Waals surface area contributed by atoms with E-state index >= 15 is 0 Å². The number of nitriles is 1. The van der Waals surface area contributed by atoms with Crippen LogP contribution in [0.5, 0.6) is 5.75 Å². The summed E-state index contributed by atoms with van der Waals surface area (Å²) in [6.07, 6.45) is 3.41. The van der Waals surface area contributed by atoms with Crippen molar-refractivity contribution in [3.63, 3.8) is 0 Å². The van der Waals surface area contributed by atoms with Gasteiger partial charge in [-0.25, -0.2) is 9.37 Å². The Morgan fingerprint density at radius 2 is 2.03 bits per heavy atom. The van der Waals surface area contributed by atoms with E-state index < -0.39 is 0 Å². The molecule has 0 aliphatic carbocycles. The zero-order chi connectivity index (χ0) is 21.4. The molecule has 0 radical (unpaired) electrons. The van der Waals surface area contributed by atoms with Gasteiger partial charge in [0, 0.05) is 37.1 Å². The van der Waals surface area contributed by atoms with Crippen LogP contribution in [-0.2, 0) is 6.54 Å². The number of benzene rings is 2. The molecule has 4 aromatic rings. The van der Waals surface area contributed by atoms with Gasteiger partial charge in [0.1, 0.15) is 29.0 Å². The molecule has 0 spiro atoms. The minimum absolute atomic E-state index is 0.0346. The van der Waals surface area contributed by atoms with Gasteiger partial charge in [-0.1, -0.05) is 6.07 Å². The lowest BCUT2D eigenvalue weighted by Crippen LogP contribution is -2.53. The van der Waals surface area contributed by atoms with Crippen molar-refractivity contribution in [2.75, 3.05) is 13.1 Å². The Hall–Kier alpha value is -3.96. The molecule has 0 amide bonds. The van der Waals surface area contributed by atoms with Gasteiger partial charge in [-0.05, 0) is 42.5 Å². The maximum absolute atomic E-state index is 13.3. The van der Waals surface area contributed by atoms with Crippen molar-refractivity contribution in [2.24, 2.45) is 0 Å². The average molecular weight is 415 g/mol. The smallest absolute Gasteiger partial charge is 0.274 e. The number of rotatable bonds is 5. The highest BCUT2D eigenvalue weighted by atomic mass is 19.1.